The van der Waals surface area contributed by atoms with E-state index < -0.39 is 23.3 Å². The minimum Gasteiger partial charge on any atom is -0.405 e. The van der Waals surface area contributed by atoms with E-state index in [0.29, 0.717) is 0 Å². The number of aryl methyl sites for hydroxylation is 1. The molecule has 6 heteroatoms. The minimum absolute atomic E-state index is 0.0245. The van der Waals surface area contributed by atoms with Crippen LogP contribution in [0.3, 0.4) is 0 Å². The molecule has 17 heavy (non-hydrogen) atoms. The third-order valence-corrected chi connectivity index (χ3v) is 2.63. The summed E-state index contributed by atoms with van der Waals surface area (Å²) >= 11 is 5.75. The van der Waals surface area contributed by atoms with Crippen molar-refractivity contribution in [2.24, 2.45) is 0 Å². The van der Waals surface area contributed by atoms with Crippen molar-refractivity contribution in [3.8, 4) is 5.75 Å². The molecule has 0 aliphatic carbocycles. The van der Waals surface area contributed by atoms with E-state index in [-0.39, 0.29) is 11.1 Å². The summed E-state index contributed by atoms with van der Waals surface area (Å²) in [7, 11) is 0. The van der Waals surface area contributed by atoms with Crippen LogP contribution in [0.2, 0.25) is 0 Å². The Labute approximate surface area is 101 Å². The second kappa shape index (κ2) is 4.96. The van der Waals surface area contributed by atoms with Gasteiger partial charge >= 0.3 is 6.36 Å². The highest BCUT2D eigenvalue weighted by molar-refractivity contribution is 6.31. The predicted octanol–water partition coefficient (Wildman–Crippen LogP) is 3.76. The van der Waals surface area contributed by atoms with E-state index in [1.54, 1.807) is 0 Å². The summed E-state index contributed by atoms with van der Waals surface area (Å²) in [4.78, 5) is 11.1. The molecule has 2 nitrogen and oxygen atoms in total. The first kappa shape index (κ1) is 13.8. The molecule has 0 heterocycles. The van der Waals surface area contributed by atoms with Crippen molar-refractivity contribution in [1.82, 2.24) is 0 Å². The number of halogens is 4. The number of rotatable bonds is 3. The monoisotopic (exact) mass is 266 g/mol. The lowest BCUT2D eigenvalue weighted by atomic mass is 10.0. The number of benzene rings is 1. The Morgan fingerprint density at radius 1 is 1.41 bits per heavy atom. The first-order chi connectivity index (χ1) is 7.72. The van der Waals surface area contributed by atoms with Crippen molar-refractivity contribution in [3.05, 3.63) is 29.3 Å². The molecule has 0 saturated carbocycles. The maximum atomic E-state index is 12.2. The van der Waals surface area contributed by atoms with Gasteiger partial charge in [0.05, 0.1) is 0 Å². The average Bonchev–Trinajstić information content (AvgIpc) is 2.18. The number of ketones is 1. The Morgan fingerprint density at radius 2 is 2.00 bits per heavy atom. The highest BCUT2D eigenvalue weighted by Crippen LogP contribution is 2.36. The molecule has 0 radical (unpaired) electrons. The summed E-state index contributed by atoms with van der Waals surface area (Å²) in [5.41, 5.74) is 0.295. The lowest BCUT2D eigenvalue weighted by molar-refractivity contribution is -0.275. The maximum Gasteiger partial charge on any atom is 0.573 e. The molecule has 1 unspecified atom stereocenters. The summed E-state index contributed by atoms with van der Waals surface area (Å²) in [6.45, 7) is 2.66. The molecule has 0 spiro atoms. The van der Waals surface area contributed by atoms with E-state index in [2.05, 4.69) is 4.74 Å². The Hall–Kier alpha value is -1.23. The van der Waals surface area contributed by atoms with Crippen LogP contribution >= 0.6 is 11.6 Å². The molecule has 0 aromatic heterocycles. The molecule has 0 bridgehead atoms. The molecule has 1 rings (SSSR count). The molecule has 94 valence electrons. The highest BCUT2D eigenvalue weighted by Gasteiger charge is 2.34. The molecule has 0 amide bonds. The van der Waals surface area contributed by atoms with Gasteiger partial charge in [0.15, 0.2) is 5.78 Å². The van der Waals surface area contributed by atoms with Crippen LogP contribution in [-0.2, 0) is 4.79 Å². The van der Waals surface area contributed by atoms with Crippen LogP contribution < -0.4 is 4.74 Å². The van der Waals surface area contributed by atoms with Crippen LogP contribution in [0.5, 0.6) is 5.75 Å². The molecule has 0 aliphatic rings. The molecular weight excluding hydrogens is 257 g/mol. The largest absolute Gasteiger partial charge is 0.573 e. The fourth-order valence-corrected chi connectivity index (χ4v) is 1.52. The van der Waals surface area contributed by atoms with E-state index in [0.717, 1.165) is 0 Å². The third-order valence-electron chi connectivity index (χ3n) is 2.09. The van der Waals surface area contributed by atoms with Crippen molar-refractivity contribution < 1.29 is 22.7 Å². The van der Waals surface area contributed by atoms with Gasteiger partial charge in [-0.3, -0.25) is 4.79 Å². The summed E-state index contributed by atoms with van der Waals surface area (Å²) in [6.07, 6.45) is -4.81. The van der Waals surface area contributed by atoms with Gasteiger partial charge in [-0.2, -0.15) is 0 Å². The zero-order valence-electron chi connectivity index (χ0n) is 9.14. The summed E-state index contributed by atoms with van der Waals surface area (Å²) in [5.74, 6) is -0.848. The van der Waals surface area contributed by atoms with E-state index >= 15 is 0 Å². The Balaban J connectivity index is 3.22. The zero-order valence-corrected chi connectivity index (χ0v) is 9.89. The molecule has 1 aromatic rings. The number of carbonyl (C=O) groups is 1. The van der Waals surface area contributed by atoms with Gasteiger partial charge in [-0.15, -0.1) is 24.8 Å². The van der Waals surface area contributed by atoms with Gasteiger partial charge in [0, 0.05) is 5.56 Å². The SMILES string of the molecule is CC(=O)C(Cl)c1cccc(C)c1OC(F)(F)F. The number of para-hydroxylation sites is 1. The van der Waals surface area contributed by atoms with Crippen molar-refractivity contribution >= 4 is 17.4 Å². The van der Waals surface area contributed by atoms with Gasteiger partial charge in [-0.05, 0) is 19.4 Å². The lowest BCUT2D eigenvalue weighted by Crippen LogP contribution is -2.19. The van der Waals surface area contributed by atoms with Crippen LogP contribution in [-0.4, -0.2) is 12.1 Å². The van der Waals surface area contributed by atoms with E-state index in [9.17, 15) is 18.0 Å². The zero-order chi connectivity index (χ0) is 13.2. The fourth-order valence-electron chi connectivity index (χ4n) is 1.35. The van der Waals surface area contributed by atoms with Crippen LogP contribution in [0.4, 0.5) is 13.2 Å². The van der Waals surface area contributed by atoms with Gasteiger partial charge in [-0.1, -0.05) is 18.2 Å². The first-order valence-corrected chi connectivity index (χ1v) is 5.16. The predicted molar refractivity (Wildman–Crippen MR) is 57.1 cm³/mol. The van der Waals surface area contributed by atoms with E-state index in [1.807, 2.05) is 0 Å². The quantitative estimate of drug-likeness (QED) is 0.779. The van der Waals surface area contributed by atoms with Gasteiger partial charge < -0.3 is 4.74 Å². The number of hydrogen-bond acceptors (Lipinski definition) is 2. The molecule has 1 aromatic carbocycles. The molecule has 0 aliphatic heterocycles. The Kier molecular flexibility index (Phi) is 4.03. The van der Waals surface area contributed by atoms with E-state index in [4.69, 9.17) is 11.6 Å². The van der Waals surface area contributed by atoms with Crippen molar-refractivity contribution in [2.45, 2.75) is 25.6 Å². The van der Waals surface area contributed by atoms with Crippen molar-refractivity contribution in [3.63, 3.8) is 0 Å². The summed E-state index contributed by atoms with van der Waals surface area (Å²) in [5, 5.41) is -1.15. The standard InChI is InChI=1S/C11H10ClF3O2/c1-6-4-3-5-8(9(12)7(2)16)10(6)17-11(13,14)15/h3-5,9H,1-2H3. The average molecular weight is 267 g/mol. The van der Waals surface area contributed by atoms with Crippen molar-refractivity contribution in [2.75, 3.05) is 0 Å². The van der Waals surface area contributed by atoms with Gasteiger partial charge in [0.25, 0.3) is 0 Å². The smallest absolute Gasteiger partial charge is 0.405 e. The molecule has 0 saturated heterocycles. The molecular formula is C11H10ClF3O2. The maximum absolute atomic E-state index is 12.2. The summed E-state index contributed by atoms with van der Waals surface area (Å²) < 4.78 is 40.5. The number of ether oxygens (including phenoxy) is 1. The molecule has 0 fully saturated rings. The van der Waals surface area contributed by atoms with Crippen LogP contribution in [0, 0.1) is 6.92 Å². The third kappa shape index (κ3) is 3.63. The number of alkyl halides is 4. The van der Waals surface area contributed by atoms with E-state index in [1.165, 1.54) is 32.0 Å². The van der Waals surface area contributed by atoms with Gasteiger partial charge in [0.2, 0.25) is 0 Å². The normalized spacial score (nSPS) is 13.3. The van der Waals surface area contributed by atoms with Gasteiger partial charge in [0.1, 0.15) is 11.1 Å². The topological polar surface area (TPSA) is 26.3 Å². The minimum atomic E-state index is -4.81. The van der Waals surface area contributed by atoms with Crippen LogP contribution in [0.25, 0.3) is 0 Å². The lowest BCUT2D eigenvalue weighted by Gasteiger charge is -2.17. The highest BCUT2D eigenvalue weighted by atomic mass is 35.5. The second-order valence-corrected chi connectivity index (χ2v) is 3.95. The first-order valence-electron chi connectivity index (χ1n) is 4.72. The second-order valence-electron chi connectivity index (χ2n) is 3.51. The number of Topliss-reactive ketones (excluding diaryl/α,β-unsaturated/α-hetero) is 1. The Morgan fingerprint density at radius 3 is 2.47 bits per heavy atom. The summed E-state index contributed by atoms with van der Waals surface area (Å²) in [6, 6.07) is 4.31. The van der Waals surface area contributed by atoms with Crippen molar-refractivity contribution in [1.29, 1.82) is 0 Å². The molecule has 0 N–H and O–H groups in total. The number of hydrogen-bond donors (Lipinski definition) is 0. The van der Waals surface area contributed by atoms with Crippen LogP contribution in [0.15, 0.2) is 18.2 Å². The number of carbonyl (C=O) groups excluding carboxylic acids is 1. The van der Waals surface area contributed by atoms with Gasteiger partial charge in [-0.25, -0.2) is 0 Å². The molecule has 1 atom stereocenters. The fraction of sp³-hybridized carbons (Fsp3) is 0.364. The Bertz CT molecular complexity index is 429. The van der Waals surface area contributed by atoms with Crippen LogP contribution in [0.1, 0.15) is 23.4 Å².